The number of aliphatic imine (C=N–C) groups is 1. The molecule has 0 amide bonds. The van der Waals surface area contributed by atoms with Gasteiger partial charge in [0.25, 0.3) is 0 Å². The van der Waals surface area contributed by atoms with Crippen molar-refractivity contribution in [2.24, 2.45) is 10.7 Å². The first kappa shape index (κ1) is 23.2. The fourth-order valence-electron chi connectivity index (χ4n) is 3.03. The highest BCUT2D eigenvalue weighted by Gasteiger charge is 2.11. The van der Waals surface area contributed by atoms with Crippen LogP contribution in [0.2, 0.25) is 0 Å². The molecule has 0 unspecified atom stereocenters. The van der Waals surface area contributed by atoms with Gasteiger partial charge in [0.15, 0.2) is 5.96 Å². The molecule has 0 saturated heterocycles. The molecule has 0 heterocycles. The monoisotopic (exact) mass is 475 g/mol. The third-order valence-electron chi connectivity index (χ3n) is 4.42. The average Bonchev–Trinajstić information content (AvgIpc) is 2.90. The van der Waals surface area contributed by atoms with Crippen molar-refractivity contribution < 1.29 is 9.47 Å². The molecule has 1 aromatic rings. The largest absolute Gasteiger partial charge is 0.379 e. The lowest BCUT2D eigenvalue weighted by molar-refractivity contribution is 0.0403. The standard InChI is InChI=1S/C20H33N3O2.HI/c21-20(23-19-11-6-1-2-7-12-19)22-13-8-14-24-15-16-25-17-18-9-4-3-5-10-18;/h3-5,9-10,19H,1-2,6-8,11-17H2,(H3,21,22,23);1H. The number of rotatable bonds is 10. The number of benzene rings is 1. The maximum absolute atomic E-state index is 5.97. The van der Waals surface area contributed by atoms with Gasteiger partial charge >= 0.3 is 0 Å². The molecule has 1 aliphatic carbocycles. The molecular weight excluding hydrogens is 441 g/mol. The van der Waals surface area contributed by atoms with E-state index >= 15 is 0 Å². The van der Waals surface area contributed by atoms with E-state index in [1.54, 1.807) is 0 Å². The minimum atomic E-state index is 0. The molecule has 0 bridgehead atoms. The maximum atomic E-state index is 5.97. The fraction of sp³-hybridized carbons (Fsp3) is 0.650. The molecule has 1 saturated carbocycles. The predicted molar refractivity (Wildman–Crippen MR) is 118 cm³/mol. The van der Waals surface area contributed by atoms with Gasteiger partial charge in [-0.1, -0.05) is 56.0 Å². The Morgan fingerprint density at radius 2 is 1.69 bits per heavy atom. The molecule has 1 aliphatic rings. The molecule has 148 valence electrons. The normalized spacial score (nSPS) is 15.9. The number of ether oxygens (including phenoxy) is 2. The Morgan fingerprint density at radius 3 is 2.42 bits per heavy atom. The predicted octanol–water partition coefficient (Wildman–Crippen LogP) is 3.86. The van der Waals surface area contributed by atoms with Crippen molar-refractivity contribution in [3.8, 4) is 0 Å². The number of nitrogens with one attached hydrogen (secondary N) is 1. The smallest absolute Gasteiger partial charge is 0.188 e. The Balaban J connectivity index is 0.00000338. The van der Waals surface area contributed by atoms with Crippen LogP contribution < -0.4 is 11.1 Å². The Hall–Kier alpha value is -0.860. The van der Waals surface area contributed by atoms with Crippen molar-refractivity contribution in [3.05, 3.63) is 35.9 Å². The van der Waals surface area contributed by atoms with Gasteiger partial charge in [-0.25, -0.2) is 0 Å². The number of nitrogens with two attached hydrogens (primary N) is 1. The first-order chi connectivity index (χ1) is 12.3. The summed E-state index contributed by atoms with van der Waals surface area (Å²) in [6.07, 6.45) is 8.59. The SMILES string of the molecule is I.NC(=NCCCOCCOCc1ccccc1)NC1CCCCCC1. The summed E-state index contributed by atoms with van der Waals surface area (Å²) < 4.78 is 11.1. The summed E-state index contributed by atoms with van der Waals surface area (Å²) in [4.78, 5) is 4.39. The summed E-state index contributed by atoms with van der Waals surface area (Å²) in [6, 6.07) is 10.7. The van der Waals surface area contributed by atoms with Crippen molar-refractivity contribution >= 4 is 29.9 Å². The van der Waals surface area contributed by atoms with Gasteiger partial charge in [-0.3, -0.25) is 4.99 Å². The quantitative estimate of drug-likeness (QED) is 0.177. The van der Waals surface area contributed by atoms with Crippen molar-refractivity contribution in [2.75, 3.05) is 26.4 Å². The molecule has 0 aromatic heterocycles. The summed E-state index contributed by atoms with van der Waals surface area (Å²) in [5, 5.41) is 3.36. The maximum Gasteiger partial charge on any atom is 0.188 e. The summed E-state index contributed by atoms with van der Waals surface area (Å²) >= 11 is 0. The molecule has 3 N–H and O–H groups in total. The minimum absolute atomic E-state index is 0. The van der Waals surface area contributed by atoms with Gasteiger partial charge < -0.3 is 20.5 Å². The average molecular weight is 475 g/mol. The van der Waals surface area contributed by atoms with Crippen molar-refractivity contribution in [1.29, 1.82) is 0 Å². The lowest BCUT2D eigenvalue weighted by Crippen LogP contribution is -2.39. The zero-order chi connectivity index (χ0) is 17.6. The zero-order valence-electron chi connectivity index (χ0n) is 15.7. The first-order valence-electron chi connectivity index (χ1n) is 9.60. The summed E-state index contributed by atoms with van der Waals surface area (Å²) in [5.74, 6) is 0.582. The number of hydrogen-bond acceptors (Lipinski definition) is 3. The Kier molecular flexibility index (Phi) is 13.6. The van der Waals surface area contributed by atoms with Crippen LogP contribution in [-0.4, -0.2) is 38.4 Å². The van der Waals surface area contributed by atoms with Gasteiger partial charge in [-0.2, -0.15) is 0 Å². The summed E-state index contributed by atoms with van der Waals surface area (Å²) in [6.45, 7) is 3.26. The molecule has 0 aliphatic heterocycles. The van der Waals surface area contributed by atoms with E-state index in [4.69, 9.17) is 15.2 Å². The summed E-state index contributed by atoms with van der Waals surface area (Å²) in [7, 11) is 0. The first-order valence-corrected chi connectivity index (χ1v) is 9.60. The van der Waals surface area contributed by atoms with Crippen LogP contribution >= 0.6 is 24.0 Å². The van der Waals surface area contributed by atoms with Gasteiger partial charge in [0.05, 0.1) is 19.8 Å². The van der Waals surface area contributed by atoms with Crippen molar-refractivity contribution in [2.45, 2.75) is 57.6 Å². The van der Waals surface area contributed by atoms with Gasteiger partial charge in [0.2, 0.25) is 0 Å². The number of halogens is 1. The highest BCUT2D eigenvalue weighted by Crippen LogP contribution is 2.16. The Labute approximate surface area is 175 Å². The van der Waals surface area contributed by atoms with Crippen LogP contribution in [0.15, 0.2) is 35.3 Å². The minimum Gasteiger partial charge on any atom is -0.379 e. The zero-order valence-corrected chi connectivity index (χ0v) is 18.0. The van der Waals surface area contributed by atoms with E-state index in [-0.39, 0.29) is 24.0 Å². The van der Waals surface area contributed by atoms with Crippen molar-refractivity contribution in [1.82, 2.24) is 5.32 Å². The molecule has 6 heteroatoms. The van der Waals surface area contributed by atoms with E-state index in [0.717, 1.165) is 6.42 Å². The van der Waals surface area contributed by atoms with Crippen LogP contribution in [0.3, 0.4) is 0 Å². The molecule has 1 fully saturated rings. The van der Waals surface area contributed by atoms with E-state index < -0.39 is 0 Å². The van der Waals surface area contributed by atoms with E-state index in [1.807, 2.05) is 18.2 Å². The van der Waals surface area contributed by atoms with Crippen LogP contribution in [0.1, 0.15) is 50.5 Å². The highest BCUT2D eigenvalue weighted by molar-refractivity contribution is 14.0. The lowest BCUT2D eigenvalue weighted by Gasteiger charge is -2.16. The summed E-state index contributed by atoms with van der Waals surface area (Å²) in [5.41, 5.74) is 7.16. The lowest BCUT2D eigenvalue weighted by atomic mass is 10.1. The molecule has 1 aromatic carbocycles. The molecule has 0 atom stereocenters. The molecule has 0 spiro atoms. The van der Waals surface area contributed by atoms with Gasteiger partial charge in [0.1, 0.15) is 0 Å². The van der Waals surface area contributed by atoms with Crippen LogP contribution in [-0.2, 0) is 16.1 Å². The van der Waals surface area contributed by atoms with Gasteiger partial charge in [-0.05, 0) is 24.8 Å². The van der Waals surface area contributed by atoms with E-state index in [2.05, 4.69) is 22.4 Å². The molecule has 2 rings (SSSR count). The Morgan fingerprint density at radius 1 is 1.00 bits per heavy atom. The van der Waals surface area contributed by atoms with Crippen LogP contribution in [0.25, 0.3) is 0 Å². The van der Waals surface area contributed by atoms with Crippen LogP contribution in [0.5, 0.6) is 0 Å². The second-order valence-electron chi connectivity index (χ2n) is 6.60. The van der Waals surface area contributed by atoms with Crippen LogP contribution in [0, 0.1) is 0 Å². The van der Waals surface area contributed by atoms with Gasteiger partial charge in [-0.15, -0.1) is 24.0 Å². The number of guanidine groups is 1. The number of nitrogens with zero attached hydrogens (tertiary/aromatic N) is 1. The fourth-order valence-corrected chi connectivity index (χ4v) is 3.03. The third-order valence-corrected chi connectivity index (χ3v) is 4.42. The van der Waals surface area contributed by atoms with Crippen LogP contribution in [0.4, 0.5) is 0 Å². The molecule has 0 radical (unpaired) electrons. The van der Waals surface area contributed by atoms with E-state index in [1.165, 1.54) is 44.1 Å². The third kappa shape index (κ3) is 11.0. The molecule has 5 nitrogen and oxygen atoms in total. The second kappa shape index (κ2) is 15.2. The topological polar surface area (TPSA) is 68.9 Å². The van der Waals surface area contributed by atoms with Crippen molar-refractivity contribution in [3.63, 3.8) is 0 Å². The van der Waals surface area contributed by atoms with E-state index in [9.17, 15) is 0 Å². The van der Waals surface area contributed by atoms with Gasteiger partial charge in [0, 0.05) is 19.2 Å². The Bertz CT molecular complexity index is 477. The molecule has 26 heavy (non-hydrogen) atoms. The highest BCUT2D eigenvalue weighted by atomic mass is 127. The van der Waals surface area contributed by atoms with E-state index in [0.29, 0.717) is 45.0 Å². The second-order valence-corrected chi connectivity index (χ2v) is 6.60. The number of hydrogen-bond donors (Lipinski definition) is 2. The molecular formula is C20H34IN3O2.